The van der Waals surface area contributed by atoms with Gasteiger partial charge in [-0.3, -0.25) is 9.59 Å². The molecule has 132 valence electrons. The zero-order chi connectivity index (χ0) is 18.7. The van der Waals surface area contributed by atoms with E-state index in [2.05, 4.69) is 0 Å². The van der Waals surface area contributed by atoms with Crippen molar-refractivity contribution in [2.75, 3.05) is 6.61 Å². The maximum atomic E-state index is 13.5. The summed E-state index contributed by atoms with van der Waals surface area (Å²) in [7, 11) is 0. The number of hydrogen-bond donors (Lipinski definition) is 1. The summed E-state index contributed by atoms with van der Waals surface area (Å²) in [6.45, 7) is 0.0477. The highest BCUT2D eigenvalue weighted by atomic mass is 16.5. The summed E-state index contributed by atoms with van der Waals surface area (Å²) in [4.78, 5) is 26.8. The fourth-order valence-corrected chi connectivity index (χ4v) is 4.05. The minimum absolute atomic E-state index is 0.119. The van der Waals surface area contributed by atoms with Crippen molar-refractivity contribution in [2.24, 2.45) is 0 Å². The van der Waals surface area contributed by atoms with Crippen LogP contribution in [0.4, 0.5) is 0 Å². The molecule has 2 aromatic carbocycles. The first kappa shape index (κ1) is 15.7. The normalized spacial score (nSPS) is 13.2. The molecule has 2 heterocycles. The van der Waals surface area contributed by atoms with E-state index < -0.39 is 0 Å². The highest BCUT2D eigenvalue weighted by molar-refractivity contribution is 6.34. The molecule has 0 bridgehead atoms. The summed E-state index contributed by atoms with van der Waals surface area (Å²) in [6.07, 6.45) is 1.19. The van der Waals surface area contributed by atoms with E-state index in [1.54, 1.807) is 41.0 Å². The van der Waals surface area contributed by atoms with E-state index in [0.717, 1.165) is 0 Å². The molecule has 5 rings (SSSR count). The van der Waals surface area contributed by atoms with Crippen molar-refractivity contribution in [3.8, 4) is 0 Å². The number of carbonyl (C=O) groups excluding carboxylic acids is 2. The molecule has 2 aromatic heterocycles. The zero-order valence-corrected chi connectivity index (χ0v) is 14.2. The number of aromatic nitrogens is 2. The Hall–Kier alpha value is -3.51. The first-order valence-corrected chi connectivity index (χ1v) is 8.60. The van der Waals surface area contributed by atoms with Gasteiger partial charge in [0.25, 0.3) is 0 Å². The van der Waals surface area contributed by atoms with Crippen molar-refractivity contribution in [2.45, 2.75) is 6.54 Å². The lowest BCUT2D eigenvalue weighted by Crippen LogP contribution is -2.33. The number of rotatable bonds is 2. The Morgan fingerprint density at radius 3 is 2.41 bits per heavy atom. The molecule has 0 fully saturated rings. The molecule has 6 heteroatoms. The number of aliphatic hydroxyl groups is 1. The Kier molecular flexibility index (Phi) is 3.20. The average molecular weight is 358 g/mol. The quantitative estimate of drug-likeness (QED) is 0.387. The van der Waals surface area contributed by atoms with Crippen molar-refractivity contribution in [1.82, 2.24) is 4.57 Å². The lowest BCUT2D eigenvalue weighted by molar-refractivity contribution is -0.577. The first-order chi connectivity index (χ1) is 13.1. The molecular weight excluding hydrogens is 344 g/mol. The van der Waals surface area contributed by atoms with Crippen LogP contribution >= 0.6 is 0 Å². The molecule has 0 atom stereocenters. The molecule has 0 radical (unpaired) electrons. The summed E-state index contributed by atoms with van der Waals surface area (Å²) < 4.78 is 2.33. The van der Waals surface area contributed by atoms with Crippen LogP contribution in [0.2, 0.25) is 0 Å². The number of fused-ring (bicyclic) bond motifs is 6. The van der Waals surface area contributed by atoms with E-state index in [9.17, 15) is 19.9 Å². The van der Waals surface area contributed by atoms with E-state index in [0.29, 0.717) is 32.1 Å². The summed E-state index contributed by atoms with van der Waals surface area (Å²) in [6, 6.07) is 14.0. The second-order valence-corrected chi connectivity index (χ2v) is 6.53. The minimum Gasteiger partial charge on any atom is -0.618 e. The third-order valence-electron chi connectivity index (χ3n) is 5.13. The average Bonchev–Trinajstić information content (AvgIpc) is 3.01. The number of nitrogens with zero attached hydrogens (tertiary/aromatic N) is 2. The van der Waals surface area contributed by atoms with Gasteiger partial charge >= 0.3 is 0 Å². The molecule has 0 aliphatic heterocycles. The topological polar surface area (TPSA) is 86.2 Å². The van der Waals surface area contributed by atoms with Crippen molar-refractivity contribution in [3.63, 3.8) is 0 Å². The van der Waals surface area contributed by atoms with Crippen LogP contribution < -0.4 is 4.73 Å². The van der Waals surface area contributed by atoms with E-state index in [1.165, 1.54) is 6.20 Å². The number of ketones is 2. The Morgan fingerprint density at radius 2 is 1.63 bits per heavy atom. The first-order valence-electron chi connectivity index (χ1n) is 8.60. The number of hydrogen-bond acceptors (Lipinski definition) is 4. The fraction of sp³-hybridized carbons (Fsp3) is 0.0952. The predicted molar refractivity (Wildman–Crippen MR) is 98.8 cm³/mol. The Balaban J connectivity index is 1.94. The number of carbonyl (C=O) groups is 2. The SMILES string of the molecule is O=C1c2c[n+]([O-])c3ccccc3c2C(=O)c2c1c1ccccc1n2CCO. The highest BCUT2D eigenvalue weighted by Gasteiger charge is 2.38. The van der Waals surface area contributed by atoms with Crippen LogP contribution in [0.1, 0.15) is 32.0 Å². The van der Waals surface area contributed by atoms with E-state index in [-0.39, 0.29) is 41.5 Å². The smallest absolute Gasteiger partial charge is 0.224 e. The Bertz CT molecular complexity index is 1290. The molecule has 0 spiro atoms. The maximum Gasteiger partial charge on any atom is 0.224 e. The third kappa shape index (κ3) is 1.96. The van der Waals surface area contributed by atoms with Crippen LogP contribution in [0.5, 0.6) is 0 Å². The molecular formula is C21H14N2O4. The molecule has 0 unspecified atom stereocenters. The van der Waals surface area contributed by atoms with E-state index in [4.69, 9.17) is 0 Å². The van der Waals surface area contributed by atoms with Gasteiger partial charge in [0.15, 0.2) is 6.20 Å². The molecule has 0 saturated carbocycles. The van der Waals surface area contributed by atoms with Crippen LogP contribution in [-0.2, 0) is 6.54 Å². The van der Waals surface area contributed by atoms with Crippen LogP contribution in [0, 0.1) is 5.21 Å². The van der Waals surface area contributed by atoms with Gasteiger partial charge in [0.05, 0.1) is 28.7 Å². The van der Waals surface area contributed by atoms with Gasteiger partial charge < -0.3 is 14.9 Å². The second kappa shape index (κ2) is 5.49. The largest absolute Gasteiger partial charge is 0.618 e. The van der Waals surface area contributed by atoms with Gasteiger partial charge in [-0.25, -0.2) is 0 Å². The Morgan fingerprint density at radius 1 is 0.926 bits per heavy atom. The molecule has 27 heavy (non-hydrogen) atoms. The van der Waals surface area contributed by atoms with Crippen LogP contribution in [0.3, 0.4) is 0 Å². The van der Waals surface area contributed by atoms with Crippen LogP contribution in [-0.4, -0.2) is 27.8 Å². The summed E-state index contributed by atoms with van der Waals surface area (Å²) in [5, 5.41) is 23.0. The molecule has 1 aliphatic carbocycles. The molecule has 1 N–H and O–H groups in total. The number of benzene rings is 2. The van der Waals surface area contributed by atoms with Gasteiger partial charge in [-0.2, -0.15) is 4.73 Å². The van der Waals surface area contributed by atoms with Crippen LogP contribution in [0.15, 0.2) is 54.7 Å². The van der Waals surface area contributed by atoms with Crippen molar-refractivity contribution >= 4 is 33.4 Å². The maximum absolute atomic E-state index is 13.5. The summed E-state index contributed by atoms with van der Waals surface area (Å²) >= 11 is 0. The van der Waals surface area contributed by atoms with Crippen molar-refractivity contribution < 1.29 is 19.4 Å². The molecule has 1 aliphatic rings. The zero-order valence-electron chi connectivity index (χ0n) is 14.2. The van der Waals surface area contributed by atoms with Gasteiger partial charge in [0, 0.05) is 23.5 Å². The van der Waals surface area contributed by atoms with Crippen molar-refractivity contribution in [1.29, 1.82) is 0 Å². The lowest BCUT2D eigenvalue weighted by atomic mass is 9.85. The standard InChI is InChI=1S/C21H14N2O4/c24-10-9-22-15-7-3-1-5-12(15)18-19(22)21(26)17-13-6-2-4-8-16(13)23(27)11-14(17)20(18)25/h1-8,11,24H,9-10H2. The van der Waals surface area contributed by atoms with Crippen LogP contribution in [0.25, 0.3) is 21.8 Å². The van der Waals surface area contributed by atoms with E-state index >= 15 is 0 Å². The molecule has 0 amide bonds. The monoisotopic (exact) mass is 358 g/mol. The van der Waals surface area contributed by atoms with Gasteiger partial charge in [0.2, 0.25) is 17.1 Å². The third-order valence-corrected chi connectivity index (χ3v) is 5.13. The van der Waals surface area contributed by atoms with Gasteiger partial charge in [0.1, 0.15) is 5.69 Å². The van der Waals surface area contributed by atoms with Crippen molar-refractivity contribution in [3.05, 3.63) is 82.3 Å². The van der Waals surface area contributed by atoms with E-state index in [1.807, 2.05) is 12.1 Å². The predicted octanol–water partition coefficient (Wildman–Crippen LogP) is 2.20. The fourth-order valence-electron chi connectivity index (χ4n) is 4.05. The molecule has 4 aromatic rings. The highest BCUT2D eigenvalue weighted by Crippen LogP contribution is 2.36. The number of pyridine rings is 1. The summed E-state index contributed by atoms with van der Waals surface area (Å²) in [5.74, 6) is -0.649. The van der Waals surface area contributed by atoms with Gasteiger partial charge in [-0.1, -0.05) is 30.3 Å². The molecule has 6 nitrogen and oxygen atoms in total. The Labute approximate surface area is 153 Å². The number of aliphatic hydroxyl groups excluding tert-OH is 1. The minimum atomic E-state index is -0.345. The lowest BCUT2D eigenvalue weighted by Gasteiger charge is -2.18. The summed E-state index contributed by atoms with van der Waals surface area (Å²) in [5.41, 5.74) is 1.99. The second-order valence-electron chi connectivity index (χ2n) is 6.53. The van der Waals surface area contributed by atoms with Gasteiger partial charge in [-0.05, 0) is 12.1 Å². The molecule has 0 saturated heterocycles. The number of para-hydroxylation sites is 2. The van der Waals surface area contributed by atoms with Gasteiger partial charge in [-0.15, -0.1) is 0 Å².